The number of carbonyl (C=O) groups is 2. The molecule has 1 aromatic heterocycles. The summed E-state index contributed by atoms with van der Waals surface area (Å²) in [5.74, 6) is -1.44. The van der Waals surface area contributed by atoms with Gasteiger partial charge in [-0.15, -0.1) is 0 Å². The number of aliphatic imine (C=N–C) groups is 1. The molecule has 3 fully saturated rings. The van der Waals surface area contributed by atoms with Gasteiger partial charge in [0.2, 0.25) is 0 Å². The third-order valence-electron chi connectivity index (χ3n) is 8.62. The van der Waals surface area contributed by atoms with E-state index in [-0.39, 0.29) is 18.3 Å². The minimum Gasteiger partial charge on any atom is -0.481 e. The first kappa shape index (κ1) is 25.7. The second kappa shape index (κ2) is 9.44. The number of halogens is 3. The predicted molar refractivity (Wildman–Crippen MR) is 134 cm³/mol. The average molecular weight is 515 g/mol. The van der Waals surface area contributed by atoms with Gasteiger partial charge in [-0.05, 0) is 79.7 Å². The van der Waals surface area contributed by atoms with Crippen LogP contribution in [0.15, 0.2) is 29.4 Å². The van der Waals surface area contributed by atoms with Crippen LogP contribution >= 0.6 is 0 Å². The second-order valence-corrected chi connectivity index (χ2v) is 11.4. The standard InChI is InChI=1S/C29H33F3N2O3/c1-17-24(26(35)33-22-11-19(12-22)27(36)37)16-34(25(17)10-18-6-4-3-5-7-18)23-14-20(28(2)8-9-28)13-21(15-23)29(30,31)32/h13-16,18-19H,3-12H2,1-2H3,(H,36,37). The lowest BCUT2D eigenvalue weighted by atomic mass is 9.83. The fraction of sp³-hybridized carbons (Fsp3) is 0.552. The van der Waals surface area contributed by atoms with E-state index in [0.29, 0.717) is 34.9 Å². The summed E-state index contributed by atoms with van der Waals surface area (Å²) in [5, 5.41) is 9.11. The Morgan fingerprint density at radius 1 is 1.11 bits per heavy atom. The number of alkyl halides is 3. The van der Waals surface area contributed by atoms with Crippen molar-refractivity contribution in [3.05, 3.63) is 52.3 Å². The van der Waals surface area contributed by atoms with E-state index < -0.39 is 29.5 Å². The lowest BCUT2D eigenvalue weighted by Gasteiger charge is -2.23. The molecule has 0 aliphatic heterocycles. The van der Waals surface area contributed by atoms with Crippen LogP contribution in [0.2, 0.25) is 0 Å². The van der Waals surface area contributed by atoms with E-state index in [4.69, 9.17) is 5.11 Å². The zero-order valence-electron chi connectivity index (χ0n) is 21.3. The molecule has 1 heterocycles. The molecule has 8 heteroatoms. The molecule has 3 aliphatic rings. The Kier molecular flexibility index (Phi) is 6.57. The lowest BCUT2D eigenvalue weighted by Crippen LogP contribution is -2.31. The Bertz CT molecular complexity index is 1230. The van der Waals surface area contributed by atoms with Gasteiger partial charge in [-0.3, -0.25) is 9.59 Å². The van der Waals surface area contributed by atoms with Gasteiger partial charge in [-0.2, -0.15) is 13.2 Å². The van der Waals surface area contributed by atoms with E-state index in [1.54, 1.807) is 10.8 Å². The Hall–Kier alpha value is -2.90. The Morgan fingerprint density at radius 3 is 2.38 bits per heavy atom. The third kappa shape index (κ3) is 5.25. The molecule has 37 heavy (non-hydrogen) atoms. The molecule has 2 aromatic rings. The van der Waals surface area contributed by atoms with E-state index in [9.17, 15) is 22.8 Å². The van der Waals surface area contributed by atoms with Crippen molar-refractivity contribution in [1.29, 1.82) is 0 Å². The molecule has 1 amide bonds. The van der Waals surface area contributed by atoms with Gasteiger partial charge in [0.25, 0.3) is 5.91 Å². The molecule has 1 N–H and O–H groups in total. The van der Waals surface area contributed by atoms with E-state index >= 15 is 0 Å². The molecule has 0 unspecified atom stereocenters. The van der Waals surface area contributed by atoms with Crippen molar-refractivity contribution in [3.63, 3.8) is 0 Å². The summed E-state index contributed by atoms with van der Waals surface area (Å²) in [7, 11) is 0. The summed E-state index contributed by atoms with van der Waals surface area (Å²) in [6.45, 7) is 3.84. The number of benzene rings is 1. The highest BCUT2D eigenvalue weighted by Gasteiger charge is 2.41. The maximum Gasteiger partial charge on any atom is 0.416 e. The lowest BCUT2D eigenvalue weighted by molar-refractivity contribution is -0.142. The van der Waals surface area contributed by atoms with Crippen molar-refractivity contribution >= 4 is 17.6 Å². The monoisotopic (exact) mass is 514 g/mol. The van der Waals surface area contributed by atoms with Gasteiger partial charge in [0.1, 0.15) is 0 Å². The zero-order chi connectivity index (χ0) is 26.5. The van der Waals surface area contributed by atoms with Crippen LogP contribution in [-0.4, -0.2) is 27.3 Å². The number of nitrogens with zero attached hydrogens (tertiary/aromatic N) is 2. The van der Waals surface area contributed by atoms with Crippen molar-refractivity contribution in [2.45, 2.75) is 89.6 Å². The normalized spacial score (nSPS) is 21.4. The van der Waals surface area contributed by atoms with Crippen LogP contribution in [0.25, 0.3) is 5.69 Å². The molecule has 3 aliphatic carbocycles. The van der Waals surface area contributed by atoms with E-state index in [0.717, 1.165) is 49.8 Å². The SMILES string of the molecule is Cc1c(C(=O)N=C2CC(C(=O)O)C2)cn(-c2cc(C(F)(F)F)cc(C3(C)CC3)c2)c1CC1CCCCC1. The zero-order valence-corrected chi connectivity index (χ0v) is 21.3. The van der Waals surface area contributed by atoms with Crippen LogP contribution in [0.1, 0.15) is 97.5 Å². The number of carboxylic acid groups (broad SMARTS) is 1. The molecule has 0 saturated heterocycles. The van der Waals surface area contributed by atoms with Crippen molar-refractivity contribution in [1.82, 2.24) is 4.57 Å². The first-order valence-electron chi connectivity index (χ1n) is 13.2. The third-order valence-corrected chi connectivity index (χ3v) is 8.62. The molecule has 0 bridgehead atoms. The summed E-state index contributed by atoms with van der Waals surface area (Å²) >= 11 is 0. The van der Waals surface area contributed by atoms with E-state index in [2.05, 4.69) is 4.99 Å². The van der Waals surface area contributed by atoms with Gasteiger partial charge in [0, 0.05) is 23.3 Å². The number of hydrogen-bond acceptors (Lipinski definition) is 2. The minimum absolute atomic E-state index is 0.253. The van der Waals surface area contributed by atoms with Crippen molar-refractivity contribution in [2.24, 2.45) is 16.8 Å². The van der Waals surface area contributed by atoms with Crippen LogP contribution < -0.4 is 0 Å². The summed E-state index contributed by atoms with van der Waals surface area (Å²) < 4.78 is 43.5. The molecule has 0 spiro atoms. The summed E-state index contributed by atoms with van der Waals surface area (Å²) in [6.07, 6.45) is 5.69. The highest BCUT2D eigenvalue weighted by molar-refractivity contribution is 6.08. The van der Waals surface area contributed by atoms with Crippen molar-refractivity contribution in [2.75, 3.05) is 0 Å². The molecule has 0 radical (unpaired) electrons. The van der Waals surface area contributed by atoms with Crippen LogP contribution in [0.4, 0.5) is 13.2 Å². The van der Waals surface area contributed by atoms with Gasteiger partial charge in [-0.25, -0.2) is 4.99 Å². The van der Waals surface area contributed by atoms with Crippen LogP contribution in [0, 0.1) is 18.8 Å². The second-order valence-electron chi connectivity index (χ2n) is 11.4. The van der Waals surface area contributed by atoms with Gasteiger partial charge in [-0.1, -0.05) is 39.0 Å². The Labute approximate surface area is 214 Å². The fourth-order valence-corrected chi connectivity index (χ4v) is 5.72. The summed E-state index contributed by atoms with van der Waals surface area (Å²) in [5.41, 5.74) is 2.70. The molecule has 5 nitrogen and oxygen atoms in total. The number of hydrogen-bond donors (Lipinski definition) is 1. The quantitative estimate of drug-likeness (QED) is 0.449. The predicted octanol–water partition coefficient (Wildman–Crippen LogP) is 7.05. The molecule has 5 rings (SSSR count). The number of carbonyl (C=O) groups excluding carboxylic acids is 1. The molecular formula is C29H33F3N2O3. The smallest absolute Gasteiger partial charge is 0.416 e. The van der Waals surface area contributed by atoms with Crippen LogP contribution in [0.3, 0.4) is 0 Å². The van der Waals surface area contributed by atoms with Crippen molar-refractivity contribution in [3.8, 4) is 5.69 Å². The molecule has 3 saturated carbocycles. The number of carboxylic acids is 1. The maximum absolute atomic E-state index is 13.9. The number of aliphatic carboxylic acids is 1. The highest BCUT2D eigenvalue weighted by Crippen LogP contribution is 2.49. The number of amides is 1. The Balaban J connectivity index is 1.57. The van der Waals surface area contributed by atoms with Gasteiger partial charge in [0.05, 0.1) is 17.0 Å². The average Bonchev–Trinajstić information content (AvgIpc) is 3.50. The molecular weight excluding hydrogens is 481 g/mol. The topological polar surface area (TPSA) is 71.7 Å². The van der Waals surface area contributed by atoms with E-state index in [1.807, 2.05) is 19.9 Å². The largest absolute Gasteiger partial charge is 0.481 e. The maximum atomic E-state index is 13.9. The minimum atomic E-state index is -4.47. The van der Waals surface area contributed by atoms with Gasteiger partial charge >= 0.3 is 12.1 Å². The van der Waals surface area contributed by atoms with Crippen LogP contribution in [0.5, 0.6) is 0 Å². The highest BCUT2D eigenvalue weighted by atomic mass is 19.4. The van der Waals surface area contributed by atoms with Gasteiger partial charge < -0.3 is 9.67 Å². The Morgan fingerprint density at radius 2 is 1.78 bits per heavy atom. The first-order chi connectivity index (χ1) is 17.4. The summed E-state index contributed by atoms with van der Waals surface area (Å²) in [4.78, 5) is 28.5. The summed E-state index contributed by atoms with van der Waals surface area (Å²) in [6, 6.07) is 4.29. The fourth-order valence-electron chi connectivity index (χ4n) is 5.72. The van der Waals surface area contributed by atoms with Crippen LogP contribution in [-0.2, 0) is 22.8 Å². The molecule has 1 aromatic carbocycles. The molecule has 0 atom stereocenters. The number of rotatable bonds is 6. The van der Waals surface area contributed by atoms with Gasteiger partial charge in [0.15, 0.2) is 0 Å². The van der Waals surface area contributed by atoms with E-state index in [1.165, 1.54) is 18.6 Å². The molecule has 198 valence electrons. The number of aromatic nitrogens is 1. The first-order valence-corrected chi connectivity index (χ1v) is 13.2. The van der Waals surface area contributed by atoms with Crippen molar-refractivity contribution < 1.29 is 27.9 Å².